The quantitative estimate of drug-likeness (QED) is 0.460. The van der Waals surface area contributed by atoms with Gasteiger partial charge in [-0.15, -0.1) is 0 Å². The number of aryl methyl sites for hydroxylation is 1. The van der Waals surface area contributed by atoms with Crippen LogP contribution < -0.4 is 5.73 Å². The minimum Gasteiger partial charge on any atom is -0.393 e. The summed E-state index contributed by atoms with van der Waals surface area (Å²) >= 11 is 0. The Kier molecular flexibility index (Phi) is 4.11. The number of nitrogens with zero attached hydrogens (tertiary/aromatic N) is 5. The van der Waals surface area contributed by atoms with Crippen LogP contribution in [-0.2, 0) is 5.54 Å². The minimum atomic E-state index is -0.453. The molecule has 0 saturated heterocycles. The first-order valence-corrected chi connectivity index (χ1v) is 10.6. The summed E-state index contributed by atoms with van der Waals surface area (Å²) in [5.74, 6) is 0. The maximum absolute atomic E-state index is 9.72. The lowest BCUT2D eigenvalue weighted by Crippen LogP contribution is -2.51. The third-order valence-electron chi connectivity index (χ3n) is 6.29. The van der Waals surface area contributed by atoms with Crippen molar-refractivity contribution in [2.45, 2.75) is 31.4 Å². The van der Waals surface area contributed by atoms with Crippen LogP contribution in [0.1, 0.15) is 24.1 Å². The highest BCUT2D eigenvalue weighted by molar-refractivity contribution is 5.90. The van der Waals surface area contributed by atoms with Crippen LogP contribution >= 0.6 is 0 Å². The molecule has 3 N–H and O–H groups in total. The zero-order valence-electron chi connectivity index (χ0n) is 17.6. The maximum atomic E-state index is 9.72. The van der Waals surface area contributed by atoms with Crippen molar-refractivity contribution in [3.05, 3.63) is 78.4 Å². The summed E-state index contributed by atoms with van der Waals surface area (Å²) in [5, 5.41) is 15.2. The lowest BCUT2D eigenvalue weighted by Gasteiger charge is -2.42. The molecule has 1 saturated carbocycles. The van der Waals surface area contributed by atoms with Crippen LogP contribution in [-0.4, -0.2) is 35.8 Å². The van der Waals surface area contributed by atoms with Crippen LogP contribution in [0.5, 0.6) is 0 Å². The van der Waals surface area contributed by atoms with Gasteiger partial charge in [0.25, 0.3) is 0 Å². The van der Waals surface area contributed by atoms with E-state index in [1.165, 1.54) is 0 Å². The van der Waals surface area contributed by atoms with Gasteiger partial charge >= 0.3 is 0 Å². The monoisotopic (exact) mass is 422 g/mol. The van der Waals surface area contributed by atoms with Gasteiger partial charge in [-0.1, -0.05) is 30.3 Å². The Morgan fingerprint density at radius 3 is 2.59 bits per heavy atom. The molecule has 0 spiro atoms. The predicted octanol–water partition coefficient (Wildman–Crippen LogP) is 3.62. The largest absolute Gasteiger partial charge is 0.393 e. The number of fused-ring (bicyclic) bond motifs is 3. The van der Waals surface area contributed by atoms with Gasteiger partial charge in [-0.3, -0.25) is 4.98 Å². The first-order chi connectivity index (χ1) is 15.5. The number of aliphatic hydroxyl groups excluding tert-OH is 1. The van der Waals surface area contributed by atoms with Crippen molar-refractivity contribution in [1.29, 1.82) is 0 Å². The van der Waals surface area contributed by atoms with E-state index < -0.39 is 5.54 Å². The Labute approximate surface area is 184 Å². The fourth-order valence-electron chi connectivity index (χ4n) is 4.59. The van der Waals surface area contributed by atoms with Gasteiger partial charge in [0.1, 0.15) is 0 Å². The molecule has 7 nitrogen and oxygen atoms in total. The Bertz CT molecular complexity index is 1450. The molecule has 5 aromatic rings. The summed E-state index contributed by atoms with van der Waals surface area (Å²) in [7, 11) is 0. The number of benzene rings is 1. The Morgan fingerprint density at radius 2 is 1.88 bits per heavy atom. The van der Waals surface area contributed by atoms with E-state index in [1.54, 1.807) is 10.7 Å². The molecule has 6 rings (SSSR count). The van der Waals surface area contributed by atoms with E-state index in [0.29, 0.717) is 12.8 Å². The molecule has 0 unspecified atom stereocenters. The van der Waals surface area contributed by atoms with E-state index in [4.69, 9.17) is 10.7 Å². The van der Waals surface area contributed by atoms with Crippen LogP contribution in [0.15, 0.2) is 67.1 Å². The average molecular weight is 422 g/mol. The molecule has 0 atom stereocenters. The number of aliphatic hydroxyl groups is 1. The van der Waals surface area contributed by atoms with E-state index >= 15 is 0 Å². The van der Waals surface area contributed by atoms with E-state index in [1.807, 2.05) is 49.6 Å². The highest BCUT2D eigenvalue weighted by Gasteiger charge is 2.41. The molecule has 32 heavy (non-hydrogen) atoms. The molecule has 0 amide bonds. The lowest BCUT2D eigenvalue weighted by molar-refractivity contribution is 0.0209. The summed E-state index contributed by atoms with van der Waals surface area (Å²) < 4.78 is 1.79. The highest BCUT2D eigenvalue weighted by atomic mass is 16.3. The fourth-order valence-corrected chi connectivity index (χ4v) is 4.59. The molecule has 1 aliphatic rings. The minimum absolute atomic E-state index is 0.312. The summed E-state index contributed by atoms with van der Waals surface area (Å²) in [4.78, 5) is 13.9. The summed E-state index contributed by atoms with van der Waals surface area (Å²) in [6, 6.07) is 16.2. The van der Waals surface area contributed by atoms with Gasteiger partial charge in [-0.2, -0.15) is 9.61 Å². The number of nitrogens with two attached hydrogens (primary N) is 1. The first kappa shape index (κ1) is 19.0. The van der Waals surface area contributed by atoms with Crippen LogP contribution in [0.25, 0.3) is 39.1 Å². The Hall–Kier alpha value is -3.68. The van der Waals surface area contributed by atoms with Crippen molar-refractivity contribution >= 4 is 16.7 Å². The Morgan fingerprint density at radius 1 is 1.06 bits per heavy atom. The lowest BCUT2D eigenvalue weighted by atomic mass is 9.70. The van der Waals surface area contributed by atoms with Gasteiger partial charge in [0.2, 0.25) is 0 Å². The first-order valence-electron chi connectivity index (χ1n) is 10.6. The summed E-state index contributed by atoms with van der Waals surface area (Å²) in [6.45, 7) is 1.95. The third kappa shape index (κ3) is 2.97. The zero-order chi connectivity index (χ0) is 21.9. The SMILES string of the molecule is Cc1cc2ncc3cc(-c4cccnc4)c(-c4ccc([C@]5(N)C[C@H](O)C5)cc4)nc3n2n1. The molecule has 4 aromatic heterocycles. The molecule has 0 aliphatic heterocycles. The normalized spacial score (nSPS) is 20.5. The van der Waals surface area contributed by atoms with Crippen molar-refractivity contribution in [2.24, 2.45) is 5.73 Å². The molecular formula is C25H22N6O. The zero-order valence-corrected chi connectivity index (χ0v) is 17.6. The van der Waals surface area contributed by atoms with Gasteiger partial charge < -0.3 is 10.8 Å². The number of rotatable bonds is 3. The van der Waals surface area contributed by atoms with Gasteiger partial charge in [-0.05, 0) is 37.5 Å². The number of aromatic nitrogens is 5. The van der Waals surface area contributed by atoms with Crippen molar-refractivity contribution in [3.63, 3.8) is 0 Å². The second kappa shape index (κ2) is 6.91. The van der Waals surface area contributed by atoms with Crippen LogP contribution in [0.3, 0.4) is 0 Å². The standard InChI is InChI=1S/C25H22N6O/c1-15-9-22-28-14-18-10-21(17-3-2-8-27-13-17)23(29-24(18)31(22)30-15)16-4-6-19(7-5-16)25(26)11-20(32)12-25/h2-10,13-14,20,32H,11-12,26H2,1H3/t20-,25-. The van der Waals surface area contributed by atoms with Crippen molar-refractivity contribution in [2.75, 3.05) is 0 Å². The van der Waals surface area contributed by atoms with Crippen LogP contribution in [0, 0.1) is 6.92 Å². The summed E-state index contributed by atoms with van der Waals surface area (Å²) in [5.41, 5.74) is 13.2. The topological polar surface area (TPSA) is 102 Å². The molecule has 158 valence electrons. The van der Waals surface area contributed by atoms with Gasteiger partial charge in [0.15, 0.2) is 11.3 Å². The van der Waals surface area contributed by atoms with Crippen molar-refractivity contribution < 1.29 is 5.11 Å². The van der Waals surface area contributed by atoms with E-state index in [2.05, 4.69) is 33.3 Å². The second-order valence-corrected chi connectivity index (χ2v) is 8.65. The number of pyridine rings is 2. The third-order valence-corrected chi connectivity index (χ3v) is 6.29. The molecule has 1 fully saturated rings. The predicted molar refractivity (Wildman–Crippen MR) is 123 cm³/mol. The molecule has 7 heteroatoms. The molecule has 0 radical (unpaired) electrons. The van der Waals surface area contributed by atoms with Crippen LogP contribution in [0.2, 0.25) is 0 Å². The van der Waals surface area contributed by atoms with Crippen molar-refractivity contribution in [1.82, 2.24) is 24.6 Å². The van der Waals surface area contributed by atoms with E-state index in [0.717, 1.165) is 50.3 Å². The highest BCUT2D eigenvalue weighted by Crippen LogP contribution is 2.40. The molecular weight excluding hydrogens is 400 g/mol. The van der Waals surface area contributed by atoms with Crippen molar-refractivity contribution in [3.8, 4) is 22.4 Å². The van der Waals surface area contributed by atoms with E-state index in [9.17, 15) is 5.11 Å². The molecule has 1 aliphatic carbocycles. The fraction of sp³-hybridized carbons (Fsp3) is 0.200. The molecule has 1 aromatic carbocycles. The Balaban J connectivity index is 1.56. The van der Waals surface area contributed by atoms with Gasteiger partial charge in [-0.25, -0.2) is 9.97 Å². The smallest absolute Gasteiger partial charge is 0.165 e. The molecule has 4 heterocycles. The number of hydrogen-bond donors (Lipinski definition) is 2. The second-order valence-electron chi connectivity index (χ2n) is 8.65. The number of hydrogen-bond acceptors (Lipinski definition) is 6. The maximum Gasteiger partial charge on any atom is 0.165 e. The summed E-state index contributed by atoms with van der Waals surface area (Å²) in [6.07, 6.45) is 6.31. The average Bonchev–Trinajstić information content (AvgIpc) is 3.19. The van der Waals surface area contributed by atoms with E-state index in [-0.39, 0.29) is 6.10 Å². The van der Waals surface area contributed by atoms with Crippen LogP contribution in [0.4, 0.5) is 0 Å². The molecule has 0 bridgehead atoms. The van der Waals surface area contributed by atoms with Gasteiger partial charge in [0.05, 0.1) is 17.5 Å². The van der Waals surface area contributed by atoms with Gasteiger partial charge in [0, 0.05) is 52.3 Å².